The summed E-state index contributed by atoms with van der Waals surface area (Å²) in [5.74, 6) is 0.865. The Hall–Kier alpha value is -0.640. The molecule has 1 aromatic heterocycles. The number of H-pyrrole nitrogens is 1. The number of thioether (sulfide) groups is 1. The van der Waals surface area contributed by atoms with Gasteiger partial charge in [-0.3, -0.25) is 0 Å². The van der Waals surface area contributed by atoms with E-state index in [4.69, 9.17) is 23.2 Å². The highest BCUT2D eigenvalue weighted by Gasteiger charge is 2.07. The van der Waals surface area contributed by atoms with Crippen molar-refractivity contribution in [2.75, 3.05) is 0 Å². The topological polar surface area (TPSA) is 28.7 Å². The van der Waals surface area contributed by atoms with Crippen LogP contribution in [0.3, 0.4) is 0 Å². The minimum Gasteiger partial charge on any atom is -0.323 e. The summed E-state index contributed by atoms with van der Waals surface area (Å²) in [6.07, 6.45) is 1.04. The van der Waals surface area contributed by atoms with E-state index in [1.807, 2.05) is 0 Å². The van der Waals surface area contributed by atoms with Gasteiger partial charge < -0.3 is 4.98 Å². The highest BCUT2D eigenvalue weighted by molar-refractivity contribution is 7.98. The van der Waals surface area contributed by atoms with E-state index in [2.05, 4.69) is 41.2 Å². The summed E-state index contributed by atoms with van der Waals surface area (Å²) in [5.41, 5.74) is 2.69. The lowest BCUT2D eigenvalue weighted by Crippen LogP contribution is -1.90. The largest absolute Gasteiger partial charge is 0.323 e. The first kappa shape index (κ1) is 12.8. The number of aryl methyl sites for hydroxylation is 1. The maximum Gasteiger partial charge on any atom is 0.168 e. The summed E-state index contributed by atoms with van der Waals surface area (Å²) in [6, 6.07) is 8.40. The molecule has 0 atom stereocenters. The fraction of sp³-hybridized carbons (Fsp3) is 0.250. The molecule has 0 fully saturated rings. The lowest BCUT2D eigenvalue weighted by Gasteiger charge is -2.05. The van der Waals surface area contributed by atoms with Crippen LogP contribution in [0.25, 0.3) is 0 Å². The zero-order valence-electron chi connectivity index (χ0n) is 9.34. The fourth-order valence-electron chi connectivity index (χ4n) is 1.57. The summed E-state index contributed by atoms with van der Waals surface area (Å²) in [6.45, 7) is 2.16. The Labute approximate surface area is 115 Å². The Morgan fingerprint density at radius 2 is 1.94 bits per heavy atom. The van der Waals surface area contributed by atoms with Gasteiger partial charge in [-0.2, -0.15) is 0 Å². The molecular formula is C12H12Cl2N2S. The normalized spacial score (nSPS) is 10.8. The van der Waals surface area contributed by atoms with Crippen LogP contribution in [-0.2, 0) is 12.2 Å². The Bertz CT molecular complexity index is 491. The van der Waals surface area contributed by atoms with Crippen LogP contribution in [0.2, 0.25) is 10.3 Å². The van der Waals surface area contributed by atoms with E-state index >= 15 is 0 Å². The highest BCUT2D eigenvalue weighted by atomic mass is 35.5. The summed E-state index contributed by atoms with van der Waals surface area (Å²) < 4.78 is 0. The van der Waals surface area contributed by atoms with Gasteiger partial charge in [0, 0.05) is 5.75 Å². The molecule has 0 radical (unpaired) electrons. The van der Waals surface area contributed by atoms with E-state index in [1.54, 1.807) is 11.8 Å². The number of aromatic nitrogens is 2. The molecule has 0 saturated carbocycles. The van der Waals surface area contributed by atoms with E-state index in [0.29, 0.717) is 10.3 Å². The molecule has 0 amide bonds. The van der Waals surface area contributed by atoms with Crippen molar-refractivity contribution in [3.8, 4) is 0 Å². The van der Waals surface area contributed by atoms with Gasteiger partial charge in [0.25, 0.3) is 0 Å². The molecule has 0 aliphatic carbocycles. The second-order valence-electron chi connectivity index (χ2n) is 3.56. The summed E-state index contributed by atoms with van der Waals surface area (Å²) >= 11 is 13.2. The van der Waals surface area contributed by atoms with Gasteiger partial charge in [-0.25, -0.2) is 4.98 Å². The lowest BCUT2D eigenvalue weighted by atomic mass is 10.1. The number of hydrogen-bond acceptors (Lipinski definition) is 2. The molecule has 2 nitrogen and oxygen atoms in total. The van der Waals surface area contributed by atoms with Gasteiger partial charge in [-0.05, 0) is 17.5 Å². The van der Waals surface area contributed by atoms with Crippen molar-refractivity contribution in [1.29, 1.82) is 0 Å². The molecule has 0 bridgehead atoms. The molecular weight excluding hydrogens is 275 g/mol. The zero-order valence-corrected chi connectivity index (χ0v) is 11.7. The molecule has 5 heteroatoms. The van der Waals surface area contributed by atoms with Crippen LogP contribution in [-0.4, -0.2) is 9.97 Å². The third-order valence-corrected chi connectivity index (χ3v) is 4.03. The number of hydrogen-bond donors (Lipinski definition) is 1. The summed E-state index contributed by atoms with van der Waals surface area (Å²) in [4.78, 5) is 7.06. The average Bonchev–Trinajstić information content (AvgIpc) is 2.66. The summed E-state index contributed by atoms with van der Waals surface area (Å²) in [5, 5.41) is 1.49. The first-order valence-corrected chi connectivity index (χ1v) is 7.05. The van der Waals surface area contributed by atoms with Crippen molar-refractivity contribution in [3.05, 3.63) is 45.7 Å². The van der Waals surface area contributed by atoms with Gasteiger partial charge in [0.15, 0.2) is 10.3 Å². The van der Waals surface area contributed by atoms with Crippen molar-refractivity contribution in [2.24, 2.45) is 0 Å². The SMILES string of the molecule is CCc1ccccc1CSc1nc(Cl)c(Cl)[nH]1. The predicted molar refractivity (Wildman–Crippen MR) is 74.0 cm³/mol. The van der Waals surface area contributed by atoms with Crippen LogP contribution in [0.1, 0.15) is 18.1 Å². The number of aromatic amines is 1. The van der Waals surface area contributed by atoms with E-state index in [0.717, 1.165) is 17.3 Å². The monoisotopic (exact) mass is 286 g/mol. The van der Waals surface area contributed by atoms with Crippen molar-refractivity contribution in [1.82, 2.24) is 9.97 Å². The number of rotatable bonds is 4. The van der Waals surface area contributed by atoms with Crippen LogP contribution in [0, 0.1) is 0 Å². The molecule has 2 aromatic rings. The molecule has 1 heterocycles. The third-order valence-electron chi connectivity index (χ3n) is 2.46. The van der Waals surface area contributed by atoms with Gasteiger partial charge in [0.1, 0.15) is 5.15 Å². The standard InChI is InChI=1S/C12H12Cl2N2S/c1-2-8-5-3-4-6-9(8)7-17-12-15-10(13)11(14)16-12/h3-6H,2,7H2,1H3,(H,15,16). The van der Waals surface area contributed by atoms with Crippen LogP contribution >= 0.6 is 35.0 Å². The van der Waals surface area contributed by atoms with Gasteiger partial charge in [-0.1, -0.05) is 66.2 Å². The van der Waals surface area contributed by atoms with Gasteiger partial charge >= 0.3 is 0 Å². The molecule has 17 heavy (non-hydrogen) atoms. The minimum absolute atomic E-state index is 0.331. The predicted octanol–water partition coefficient (Wildman–Crippen LogP) is 4.57. The smallest absolute Gasteiger partial charge is 0.168 e. The second-order valence-corrected chi connectivity index (χ2v) is 5.26. The molecule has 0 aliphatic rings. The third kappa shape index (κ3) is 3.18. The van der Waals surface area contributed by atoms with Gasteiger partial charge in [-0.15, -0.1) is 0 Å². The van der Waals surface area contributed by atoms with Crippen molar-refractivity contribution >= 4 is 35.0 Å². The quantitative estimate of drug-likeness (QED) is 0.834. The van der Waals surface area contributed by atoms with Gasteiger partial charge in [0.2, 0.25) is 0 Å². The van der Waals surface area contributed by atoms with E-state index in [9.17, 15) is 0 Å². The molecule has 1 aromatic carbocycles. The number of benzene rings is 1. The fourth-order valence-corrected chi connectivity index (χ4v) is 2.84. The molecule has 2 rings (SSSR count). The highest BCUT2D eigenvalue weighted by Crippen LogP contribution is 2.27. The first-order chi connectivity index (χ1) is 8.20. The average molecular weight is 287 g/mol. The number of nitrogens with one attached hydrogen (secondary N) is 1. The Balaban J connectivity index is 2.07. The number of imidazole rings is 1. The Morgan fingerprint density at radius 1 is 1.24 bits per heavy atom. The molecule has 0 spiro atoms. The molecule has 0 aliphatic heterocycles. The van der Waals surface area contributed by atoms with Crippen molar-refractivity contribution < 1.29 is 0 Å². The molecule has 90 valence electrons. The molecule has 0 unspecified atom stereocenters. The second kappa shape index (κ2) is 5.80. The first-order valence-electron chi connectivity index (χ1n) is 5.31. The minimum atomic E-state index is 0.331. The van der Waals surface area contributed by atoms with Crippen molar-refractivity contribution in [2.45, 2.75) is 24.3 Å². The van der Waals surface area contributed by atoms with Crippen LogP contribution in [0.15, 0.2) is 29.4 Å². The summed E-state index contributed by atoms with van der Waals surface area (Å²) in [7, 11) is 0. The van der Waals surface area contributed by atoms with E-state index in [1.165, 1.54) is 11.1 Å². The van der Waals surface area contributed by atoms with Gasteiger partial charge in [0.05, 0.1) is 0 Å². The maximum absolute atomic E-state index is 5.81. The number of halogens is 2. The zero-order chi connectivity index (χ0) is 12.3. The lowest BCUT2D eigenvalue weighted by molar-refractivity contribution is 1.05. The maximum atomic E-state index is 5.81. The van der Waals surface area contributed by atoms with E-state index in [-0.39, 0.29) is 0 Å². The number of nitrogens with zero attached hydrogens (tertiary/aromatic N) is 1. The van der Waals surface area contributed by atoms with E-state index < -0.39 is 0 Å². The van der Waals surface area contributed by atoms with Crippen LogP contribution in [0.5, 0.6) is 0 Å². The Kier molecular flexibility index (Phi) is 4.37. The van der Waals surface area contributed by atoms with Crippen LogP contribution in [0.4, 0.5) is 0 Å². The molecule has 1 N–H and O–H groups in total. The van der Waals surface area contributed by atoms with Crippen LogP contribution < -0.4 is 0 Å². The Morgan fingerprint density at radius 3 is 2.53 bits per heavy atom. The van der Waals surface area contributed by atoms with Crippen molar-refractivity contribution in [3.63, 3.8) is 0 Å². The molecule has 0 saturated heterocycles.